The van der Waals surface area contributed by atoms with Gasteiger partial charge in [-0.15, -0.1) is 0 Å². The van der Waals surface area contributed by atoms with Gasteiger partial charge in [0.1, 0.15) is 6.04 Å². The molecule has 21 heavy (non-hydrogen) atoms. The summed E-state index contributed by atoms with van der Waals surface area (Å²) in [4.78, 5) is 14.2. The SMILES string of the molecule is CCNC(=O)C1COCCN1c1ccc([C@@H](C)O)c(Br)c1. The minimum absolute atomic E-state index is 0.0204. The molecule has 1 unspecified atom stereocenters. The summed E-state index contributed by atoms with van der Waals surface area (Å²) >= 11 is 3.48. The fraction of sp³-hybridized carbons (Fsp3) is 0.533. The van der Waals surface area contributed by atoms with Crippen LogP contribution in [0.5, 0.6) is 0 Å². The first-order valence-electron chi connectivity index (χ1n) is 7.14. The third kappa shape index (κ3) is 3.75. The first-order chi connectivity index (χ1) is 10.0. The van der Waals surface area contributed by atoms with Gasteiger partial charge in [-0.3, -0.25) is 4.79 Å². The van der Waals surface area contributed by atoms with Crippen molar-refractivity contribution in [1.29, 1.82) is 0 Å². The van der Waals surface area contributed by atoms with E-state index in [1.165, 1.54) is 0 Å². The third-order valence-corrected chi connectivity index (χ3v) is 4.23. The summed E-state index contributed by atoms with van der Waals surface area (Å²) in [7, 11) is 0. The smallest absolute Gasteiger partial charge is 0.245 e. The average Bonchev–Trinajstić information content (AvgIpc) is 2.47. The van der Waals surface area contributed by atoms with Crippen molar-refractivity contribution >= 4 is 27.5 Å². The number of halogens is 1. The van der Waals surface area contributed by atoms with Crippen LogP contribution in [-0.4, -0.2) is 43.4 Å². The quantitative estimate of drug-likeness (QED) is 0.863. The molecule has 0 saturated carbocycles. The van der Waals surface area contributed by atoms with Crippen LogP contribution in [0.15, 0.2) is 22.7 Å². The highest BCUT2D eigenvalue weighted by Crippen LogP contribution is 2.29. The molecule has 2 rings (SSSR count). The van der Waals surface area contributed by atoms with Crippen LogP contribution in [-0.2, 0) is 9.53 Å². The number of benzene rings is 1. The van der Waals surface area contributed by atoms with Gasteiger partial charge in [0.25, 0.3) is 0 Å². The van der Waals surface area contributed by atoms with E-state index < -0.39 is 6.10 Å². The Kier molecular flexibility index (Phi) is 5.61. The molecule has 0 bridgehead atoms. The van der Waals surface area contributed by atoms with E-state index >= 15 is 0 Å². The van der Waals surface area contributed by atoms with Crippen molar-refractivity contribution in [3.05, 3.63) is 28.2 Å². The first-order valence-corrected chi connectivity index (χ1v) is 7.93. The van der Waals surface area contributed by atoms with E-state index in [2.05, 4.69) is 21.2 Å². The summed E-state index contributed by atoms with van der Waals surface area (Å²) in [6.45, 7) is 5.90. The average molecular weight is 357 g/mol. The number of carbonyl (C=O) groups excluding carboxylic acids is 1. The monoisotopic (exact) mass is 356 g/mol. The second-order valence-electron chi connectivity index (χ2n) is 5.06. The summed E-state index contributed by atoms with van der Waals surface area (Å²) in [5.74, 6) is -0.0204. The number of anilines is 1. The molecular weight excluding hydrogens is 336 g/mol. The van der Waals surface area contributed by atoms with E-state index in [9.17, 15) is 9.90 Å². The molecule has 1 aromatic rings. The lowest BCUT2D eigenvalue weighted by atomic mass is 10.1. The van der Waals surface area contributed by atoms with Crippen LogP contribution in [0.4, 0.5) is 5.69 Å². The normalized spacial score (nSPS) is 20.2. The maximum absolute atomic E-state index is 12.2. The topological polar surface area (TPSA) is 61.8 Å². The van der Waals surface area contributed by atoms with E-state index in [0.29, 0.717) is 26.3 Å². The zero-order valence-electron chi connectivity index (χ0n) is 12.3. The Morgan fingerprint density at radius 3 is 3.00 bits per heavy atom. The Labute approximate surface area is 133 Å². The minimum Gasteiger partial charge on any atom is -0.389 e. The molecule has 6 heteroatoms. The molecule has 0 aromatic heterocycles. The van der Waals surface area contributed by atoms with E-state index in [4.69, 9.17) is 4.74 Å². The molecule has 0 aliphatic carbocycles. The van der Waals surface area contributed by atoms with Crippen LogP contribution < -0.4 is 10.2 Å². The predicted molar refractivity (Wildman–Crippen MR) is 85.4 cm³/mol. The van der Waals surface area contributed by atoms with E-state index in [0.717, 1.165) is 15.7 Å². The Bertz CT molecular complexity index is 508. The number of amides is 1. The molecule has 1 aliphatic rings. The Hall–Kier alpha value is -1.11. The van der Waals surface area contributed by atoms with E-state index in [1.807, 2.05) is 30.0 Å². The lowest BCUT2D eigenvalue weighted by molar-refractivity contribution is -0.124. The Morgan fingerprint density at radius 1 is 1.62 bits per heavy atom. The number of aliphatic hydroxyl groups excluding tert-OH is 1. The van der Waals surface area contributed by atoms with Crippen molar-refractivity contribution in [2.75, 3.05) is 31.2 Å². The van der Waals surface area contributed by atoms with Gasteiger partial charge in [-0.25, -0.2) is 0 Å². The summed E-state index contributed by atoms with van der Waals surface area (Å²) in [6, 6.07) is 5.45. The van der Waals surface area contributed by atoms with E-state index in [-0.39, 0.29) is 11.9 Å². The van der Waals surface area contributed by atoms with Crippen molar-refractivity contribution in [2.45, 2.75) is 26.0 Å². The first kappa shape index (κ1) is 16.3. The number of morpholine rings is 1. The van der Waals surface area contributed by atoms with Crippen LogP contribution in [0.1, 0.15) is 25.5 Å². The maximum Gasteiger partial charge on any atom is 0.245 e. The van der Waals surface area contributed by atoms with Crippen molar-refractivity contribution in [2.24, 2.45) is 0 Å². The molecular formula is C15H21BrN2O3. The lowest BCUT2D eigenvalue weighted by Gasteiger charge is -2.36. The van der Waals surface area contributed by atoms with Gasteiger partial charge >= 0.3 is 0 Å². The molecule has 1 amide bonds. The Morgan fingerprint density at radius 2 is 2.38 bits per heavy atom. The second-order valence-corrected chi connectivity index (χ2v) is 5.91. The number of aliphatic hydroxyl groups is 1. The summed E-state index contributed by atoms with van der Waals surface area (Å²) < 4.78 is 6.28. The van der Waals surface area contributed by atoms with Crippen LogP contribution in [0.25, 0.3) is 0 Å². The van der Waals surface area contributed by atoms with Crippen molar-refractivity contribution in [1.82, 2.24) is 5.32 Å². The van der Waals surface area contributed by atoms with Gasteiger partial charge < -0.3 is 20.1 Å². The molecule has 116 valence electrons. The molecule has 1 aliphatic heterocycles. The number of nitrogens with zero attached hydrogens (tertiary/aromatic N) is 1. The van der Waals surface area contributed by atoms with Crippen LogP contribution in [0.2, 0.25) is 0 Å². The fourth-order valence-corrected chi connectivity index (χ4v) is 3.15. The highest BCUT2D eigenvalue weighted by Gasteiger charge is 2.29. The van der Waals surface area contributed by atoms with Gasteiger partial charge in [-0.1, -0.05) is 22.0 Å². The van der Waals surface area contributed by atoms with Crippen LogP contribution in [0, 0.1) is 0 Å². The van der Waals surface area contributed by atoms with Gasteiger partial charge in [0.15, 0.2) is 0 Å². The lowest BCUT2D eigenvalue weighted by Crippen LogP contribution is -2.54. The van der Waals surface area contributed by atoms with Gasteiger partial charge in [0, 0.05) is 23.2 Å². The Balaban J connectivity index is 2.25. The number of rotatable bonds is 4. The standard InChI is InChI=1S/C15H21BrN2O3/c1-3-17-15(20)14-9-21-7-6-18(14)11-4-5-12(10(2)19)13(16)8-11/h4-5,8,10,14,19H,3,6-7,9H2,1-2H3,(H,17,20)/t10-,14?/m1/s1. The fourth-order valence-electron chi connectivity index (χ4n) is 2.46. The zero-order valence-corrected chi connectivity index (χ0v) is 13.9. The highest BCUT2D eigenvalue weighted by molar-refractivity contribution is 9.10. The molecule has 1 aromatic carbocycles. The molecule has 1 saturated heterocycles. The molecule has 2 atom stereocenters. The largest absolute Gasteiger partial charge is 0.389 e. The van der Waals surface area contributed by atoms with Crippen LogP contribution in [0.3, 0.4) is 0 Å². The number of nitrogens with one attached hydrogen (secondary N) is 1. The highest BCUT2D eigenvalue weighted by atomic mass is 79.9. The van der Waals surface area contributed by atoms with Crippen molar-refractivity contribution in [3.8, 4) is 0 Å². The number of ether oxygens (including phenoxy) is 1. The van der Waals surface area contributed by atoms with Gasteiger partial charge in [0.2, 0.25) is 5.91 Å². The summed E-state index contributed by atoms with van der Waals surface area (Å²) in [6.07, 6.45) is -0.530. The van der Waals surface area contributed by atoms with Crippen LogP contribution >= 0.6 is 15.9 Å². The summed E-state index contributed by atoms with van der Waals surface area (Å²) in [5.41, 5.74) is 1.78. The van der Waals surface area contributed by atoms with Gasteiger partial charge in [0.05, 0.1) is 19.3 Å². The van der Waals surface area contributed by atoms with Gasteiger partial charge in [-0.05, 0) is 31.5 Å². The molecule has 1 fully saturated rings. The summed E-state index contributed by atoms with van der Waals surface area (Å²) in [5, 5.41) is 12.5. The number of carbonyl (C=O) groups is 1. The third-order valence-electron chi connectivity index (χ3n) is 3.55. The zero-order chi connectivity index (χ0) is 15.4. The number of hydrogen-bond acceptors (Lipinski definition) is 4. The predicted octanol–water partition coefficient (Wildman–Crippen LogP) is 1.84. The van der Waals surface area contributed by atoms with Crippen molar-refractivity contribution in [3.63, 3.8) is 0 Å². The number of hydrogen-bond donors (Lipinski definition) is 2. The molecule has 2 N–H and O–H groups in total. The van der Waals surface area contributed by atoms with Crippen molar-refractivity contribution < 1.29 is 14.6 Å². The van der Waals surface area contributed by atoms with Gasteiger partial charge in [-0.2, -0.15) is 0 Å². The second kappa shape index (κ2) is 7.24. The maximum atomic E-state index is 12.2. The minimum atomic E-state index is -0.530. The van der Waals surface area contributed by atoms with E-state index in [1.54, 1.807) is 6.92 Å². The molecule has 5 nitrogen and oxygen atoms in total. The number of likely N-dealkylation sites (N-methyl/N-ethyl adjacent to an activating group) is 1. The molecule has 0 radical (unpaired) electrons. The molecule has 1 heterocycles. The molecule has 0 spiro atoms.